The van der Waals surface area contributed by atoms with Crippen molar-refractivity contribution in [3.8, 4) is 45.3 Å². The highest BCUT2D eigenvalue weighted by Crippen LogP contribution is 2.47. The van der Waals surface area contributed by atoms with Crippen molar-refractivity contribution < 1.29 is 37.9 Å². The molecule has 7 heterocycles. The van der Waals surface area contributed by atoms with Gasteiger partial charge in [0.1, 0.15) is 49.4 Å². The van der Waals surface area contributed by atoms with Crippen LogP contribution in [0.1, 0.15) is 47.8 Å². The average Bonchev–Trinajstić information content (AvgIpc) is 4.22. The summed E-state index contributed by atoms with van der Waals surface area (Å²) in [5, 5.41) is 18.6. The Bertz CT molecular complexity index is 3810. The summed E-state index contributed by atoms with van der Waals surface area (Å²) >= 11 is 0. The van der Waals surface area contributed by atoms with E-state index in [-0.39, 0.29) is 60.6 Å². The minimum Gasteiger partial charge on any atom is -0.491 e. The molecule has 0 radical (unpaired) electrons. The Labute approximate surface area is 468 Å². The molecule has 414 valence electrons. The van der Waals surface area contributed by atoms with E-state index in [4.69, 9.17) is 47.9 Å². The van der Waals surface area contributed by atoms with Crippen LogP contribution in [0.15, 0.2) is 118 Å². The van der Waals surface area contributed by atoms with E-state index in [1.165, 1.54) is 0 Å². The lowest BCUT2D eigenvalue weighted by atomic mass is 9.97. The number of fused-ring (bicyclic) bond motifs is 18. The van der Waals surface area contributed by atoms with Crippen molar-refractivity contribution in [3.63, 3.8) is 0 Å². The largest absolute Gasteiger partial charge is 0.491 e. The van der Waals surface area contributed by atoms with Crippen LogP contribution in [0.25, 0.3) is 119 Å². The second kappa shape index (κ2) is 25.9. The maximum absolute atomic E-state index is 10.1. The molecule has 82 heavy (non-hydrogen) atoms. The van der Waals surface area contributed by atoms with Crippen molar-refractivity contribution in [2.75, 3.05) is 79.3 Å². The number of nitrogens with zero attached hydrogens (tertiary/aromatic N) is 14. The molecule has 0 amide bonds. The number of hydrogen-bond donors (Lipinski definition) is 2. The second-order valence-corrected chi connectivity index (χ2v) is 18.7. The molecule has 0 spiro atoms. The lowest BCUT2D eigenvalue weighted by molar-refractivity contribution is 0.0274. The Balaban J connectivity index is 1.15. The summed E-state index contributed by atoms with van der Waals surface area (Å²) in [6.07, 6.45) is 0. The maximum Gasteiger partial charge on any atom is 0.127 e. The number of H-pyrrole nitrogens is 2. The van der Waals surface area contributed by atoms with Crippen LogP contribution in [0.4, 0.5) is 11.4 Å². The number of allylic oxidation sites excluding steroid dienone is 2. The Morgan fingerprint density at radius 1 is 0.415 bits per heavy atom. The number of hydrogen-bond acceptors (Lipinski definition) is 14. The van der Waals surface area contributed by atoms with Gasteiger partial charge >= 0.3 is 0 Å². The van der Waals surface area contributed by atoms with E-state index in [1.807, 2.05) is 84.9 Å². The van der Waals surface area contributed by atoms with Gasteiger partial charge in [0.2, 0.25) is 0 Å². The highest BCUT2D eigenvalue weighted by atomic mass is 16.6. The number of rotatable bonds is 4. The summed E-state index contributed by atoms with van der Waals surface area (Å²) in [5.41, 5.74) is 48.1. The van der Waals surface area contributed by atoms with E-state index in [1.54, 1.807) is 39.8 Å². The van der Waals surface area contributed by atoms with Crippen LogP contribution in [0, 0.1) is 13.8 Å². The summed E-state index contributed by atoms with van der Waals surface area (Å²) in [5.74, 6) is 2.32. The third-order valence-electron chi connectivity index (χ3n) is 13.8. The third kappa shape index (κ3) is 11.5. The first-order valence-corrected chi connectivity index (χ1v) is 26.2. The fourth-order valence-corrected chi connectivity index (χ4v) is 10.0. The molecule has 4 aromatic carbocycles. The Hall–Kier alpha value is -9.98. The Kier molecular flexibility index (Phi) is 17.5. The van der Waals surface area contributed by atoms with Crippen LogP contribution in [0.3, 0.4) is 0 Å². The molecule has 0 atom stereocenters. The molecule has 0 unspecified atom stereocenters. The summed E-state index contributed by atoms with van der Waals surface area (Å²) < 4.78 is 48.9. The SMILES string of the molecule is CC1=C(N=[N+]=[N-])c2cc3[nH]c(c(C)c3N=[N+]=[N-])c3c4nc(cc5[nH]c(c(C)c5N=[N+]=[N-])c(c1n2)-c1ccccc1OCCOCCOCCOc1cccc2c(cccc12)OCCOCCOCCOc1ccccc1-3)C(N=[N+]=[N-])=C4C. The minimum atomic E-state index is 0.142. The predicted octanol–water partition coefficient (Wildman–Crippen LogP) is 15.0. The van der Waals surface area contributed by atoms with Gasteiger partial charge in [0.05, 0.1) is 120 Å². The number of ether oxygens (including phenoxy) is 8. The summed E-state index contributed by atoms with van der Waals surface area (Å²) in [4.78, 5) is 30.4. The summed E-state index contributed by atoms with van der Waals surface area (Å²) in [7, 11) is 0. The molecule has 7 aromatic rings. The number of azide groups is 4. The first-order valence-electron chi connectivity index (χ1n) is 26.2. The highest BCUT2D eigenvalue weighted by Gasteiger charge is 2.28. The molecular weight excluding hydrogens is 1050 g/mol. The van der Waals surface area contributed by atoms with Gasteiger partial charge in [-0.2, -0.15) is 0 Å². The number of aromatic nitrogens is 4. The van der Waals surface area contributed by atoms with Crippen LogP contribution in [-0.4, -0.2) is 99.2 Å². The zero-order valence-corrected chi connectivity index (χ0v) is 45.2. The molecule has 0 aliphatic carbocycles. The molecule has 11 rings (SSSR count). The van der Waals surface area contributed by atoms with Gasteiger partial charge in [0.15, 0.2) is 0 Å². The van der Waals surface area contributed by atoms with Gasteiger partial charge in [-0.05, 0) is 108 Å². The van der Waals surface area contributed by atoms with E-state index in [9.17, 15) is 22.1 Å². The molecule has 3 aromatic heterocycles. The molecule has 0 fully saturated rings. The van der Waals surface area contributed by atoms with E-state index >= 15 is 0 Å². The van der Waals surface area contributed by atoms with Crippen molar-refractivity contribution in [3.05, 3.63) is 173 Å². The topological polar surface area (TPSA) is 326 Å². The van der Waals surface area contributed by atoms with Gasteiger partial charge in [-0.15, -0.1) is 0 Å². The number of nitrogens with one attached hydrogen (secondary N) is 2. The van der Waals surface area contributed by atoms with Crippen LogP contribution < -0.4 is 18.9 Å². The van der Waals surface area contributed by atoms with Gasteiger partial charge in [0, 0.05) is 52.7 Å². The molecule has 24 heteroatoms. The molecule has 4 aliphatic heterocycles. The monoisotopic (exact) mass is 1100 g/mol. The highest BCUT2D eigenvalue weighted by molar-refractivity contribution is 6.06. The molecule has 0 saturated carbocycles. The molecule has 2 N–H and O–H groups in total. The van der Waals surface area contributed by atoms with E-state index < -0.39 is 0 Å². The van der Waals surface area contributed by atoms with Crippen molar-refractivity contribution in [2.24, 2.45) is 20.5 Å². The zero-order valence-electron chi connectivity index (χ0n) is 45.2. The normalized spacial score (nSPS) is 14.8. The molecule has 0 saturated heterocycles. The number of para-hydroxylation sites is 2. The second-order valence-electron chi connectivity index (χ2n) is 18.7. The fraction of sp³-hybridized carbons (Fsp3) is 0.276. The Morgan fingerprint density at radius 2 is 0.756 bits per heavy atom. The van der Waals surface area contributed by atoms with E-state index in [0.717, 1.165) is 10.8 Å². The Morgan fingerprint density at radius 3 is 1.13 bits per heavy atom. The lowest BCUT2D eigenvalue weighted by Gasteiger charge is -2.14. The molecule has 14 bridgehead atoms. The van der Waals surface area contributed by atoms with Gasteiger partial charge in [0.25, 0.3) is 0 Å². The lowest BCUT2D eigenvalue weighted by Crippen LogP contribution is -2.14. The smallest absolute Gasteiger partial charge is 0.127 e. The maximum atomic E-state index is 10.1. The first kappa shape index (κ1) is 55.3. The van der Waals surface area contributed by atoms with Crippen molar-refractivity contribution in [2.45, 2.75) is 27.7 Å². The predicted molar refractivity (Wildman–Crippen MR) is 311 cm³/mol. The van der Waals surface area contributed by atoms with Gasteiger partial charge in [-0.1, -0.05) is 81.1 Å². The van der Waals surface area contributed by atoms with Crippen molar-refractivity contribution in [1.82, 2.24) is 19.9 Å². The third-order valence-corrected chi connectivity index (χ3v) is 13.8. The van der Waals surface area contributed by atoms with Crippen LogP contribution in [0.2, 0.25) is 0 Å². The zero-order chi connectivity index (χ0) is 57.0. The first-order chi connectivity index (χ1) is 40.2. The number of aromatic amines is 2. The number of aryl methyl sites for hydroxylation is 2. The standard InChI is InChI=1S/C58H54N16O8/c1-33-51(67-71-59)41-31-42-53(69-73-61)35(3)57(65-42)50-40-12-6-8-16-48(40)82-30-26-78-22-20-76-24-28-80-46-18-10-13-37-38(46)14-9-17-45(37)79-27-23-75-19-21-77-25-29-81-47-15-7-5-11-39(47)49(55(33)63-41)56-34(2)52(68-72-60)43(64-56)32-44-54(70-74-62)36(4)58(50)66-44/h5-18,31-32,63,66H,19-30H2,1-4H3. The number of benzene rings is 4. The minimum absolute atomic E-state index is 0.142. The van der Waals surface area contributed by atoms with Crippen LogP contribution >= 0.6 is 0 Å². The fourth-order valence-electron chi connectivity index (χ4n) is 10.0. The van der Waals surface area contributed by atoms with E-state index in [2.05, 4.69) is 50.1 Å². The van der Waals surface area contributed by atoms with Gasteiger partial charge in [-0.25, -0.2) is 9.97 Å². The molecule has 24 nitrogen and oxygen atoms in total. The van der Waals surface area contributed by atoms with Crippen molar-refractivity contribution >= 4 is 66.8 Å². The molecular formula is C58H54N16O8. The van der Waals surface area contributed by atoms with Crippen LogP contribution in [0.5, 0.6) is 23.0 Å². The van der Waals surface area contributed by atoms with E-state index in [0.29, 0.717) is 154 Å². The van der Waals surface area contributed by atoms with Gasteiger partial charge in [-0.3, -0.25) is 0 Å². The van der Waals surface area contributed by atoms with Crippen LogP contribution in [-0.2, 0) is 18.9 Å². The summed E-state index contributed by atoms with van der Waals surface area (Å²) in [6, 6.07) is 29.7. The quantitative estimate of drug-likeness (QED) is 0.0726. The molecule has 4 aliphatic rings. The summed E-state index contributed by atoms with van der Waals surface area (Å²) in [6.45, 7) is 10.3. The average molecular weight is 1100 g/mol. The van der Waals surface area contributed by atoms with Crippen molar-refractivity contribution in [1.29, 1.82) is 0 Å². The van der Waals surface area contributed by atoms with Gasteiger partial charge < -0.3 is 47.9 Å².